The van der Waals surface area contributed by atoms with Crippen molar-refractivity contribution in [3.8, 4) is 0 Å². The second-order valence-corrected chi connectivity index (χ2v) is 6.58. The number of hydrogen-bond acceptors (Lipinski definition) is 0. The Morgan fingerprint density at radius 3 is 2.16 bits per heavy atom. The summed E-state index contributed by atoms with van der Waals surface area (Å²) in [5.41, 5.74) is 5.44. The first kappa shape index (κ1) is 18.9. The Morgan fingerprint density at radius 2 is 1.64 bits per heavy atom. The number of halogens is 2. The van der Waals surface area contributed by atoms with E-state index in [-0.39, 0.29) is 5.57 Å². The number of aryl methyl sites for hydroxylation is 1. The average Bonchev–Trinajstić information content (AvgIpc) is 2.54. The number of allylic oxidation sites excluding steroid dienone is 3. The molecule has 0 saturated carbocycles. The molecule has 2 aromatic rings. The van der Waals surface area contributed by atoms with Crippen LogP contribution in [0.1, 0.15) is 30.5 Å². The van der Waals surface area contributed by atoms with Gasteiger partial charge in [-0.3, -0.25) is 0 Å². The highest BCUT2D eigenvalue weighted by Gasteiger charge is 2.31. The van der Waals surface area contributed by atoms with E-state index in [2.05, 4.69) is 13.2 Å². The van der Waals surface area contributed by atoms with E-state index in [9.17, 15) is 8.78 Å². The van der Waals surface area contributed by atoms with Crippen LogP contribution in [0.2, 0.25) is 0 Å². The minimum atomic E-state index is -3.02. The van der Waals surface area contributed by atoms with Gasteiger partial charge < -0.3 is 0 Å². The molecule has 0 atom stereocenters. The lowest BCUT2D eigenvalue weighted by Gasteiger charge is -2.23. The quantitative estimate of drug-likeness (QED) is 0.541. The minimum Gasteiger partial charge on any atom is -0.202 e. The molecule has 0 aliphatic heterocycles. The van der Waals surface area contributed by atoms with E-state index in [0.29, 0.717) is 11.1 Å². The number of benzene rings is 2. The molecule has 0 fully saturated rings. The smallest absolute Gasteiger partial charge is 0.202 e. The van der Waals surface area contributed by atoms with Gasteiger partial charge in [0.25, 0.3) is 5.92 Å². The van der Waals surface area contributed by atoms with Gasteiger partial charge in [-0.05, 0) is 47.3 Å². The summed E-state index contributed by atoms with van der Waals surface area (Å²) in [4.78, 5) is 0. The van der Waals surface area contributed by atoms with Gasteiger partial charge in [0.2, 0.25) is 0 Å². The first-order valence-corrected chi connectivity index (χ1v) is 8.23. The van der Waals surface area contributed by atoms with Crippen LogP contribution in [-0.4, -0.2) is 13.8 Å². The van der Waals surface area contributed by atoms with E-state index in [1.54, 1.807) is 6.92 Å². The van der Waals surface area contributed by atoms with Crippen LogP contribution in [0.5, 0.6) is 0 Å². The average molecular weight is 336 g/mol. The molecule has 0 radical (unpaired) electrons. The van der Waals surface area contributed by atoms with Gasteiger partial charge in [0.05, 0.1) is 0 Å². The summed E-state index contributed by atoms with van der Waals surface area (Å²) in [5.74, 6) is -3.02. The Morgan fingerprint density at radius 1 is 1.04 bits per heavy atom. The lowest BCUT2D eigenvalue weighted by molar-refractivity contribution is 0.0668. The third-order valence-corrected chi connectivity index (χ3v) is 4.23. The largest absolute Gasteiger partial charge is 0.270 e. The summed E-state index contributed by atoms with van der Waals surface area (Å²) in [6.07, 6.45) is 0. The van der Waals surface area contributed by atoms with E-state index < -0.39 is 5.92 Å². The van der Waals surface area contributed by atoms with Crippen LogP contribution in [0.15, 0.2) is 78.4 Å². The molecular formula is C22H23BF2. The van der Waals surface area contributed by atoms with E-state index in [1.165, 1.54) is 0 Å². The summed E-state index contributed by atoms with van der Waals surface area (Å²) in [5, 5.41) is 0. The highest BCUT2D eigenvalue weighted by atomic mass is 19.3. The second-order valence-electron chi connectivity index (χ2n) is 6.58. The van der Waals surface area contributed by atoms with Crippen LogP contribution >= 0.6 is 0 Å². The summed E-state index contributed by atoms with van der Waals surface area (Å²) in [6.45, 7) is 12.3. The normalized spacial score (nSPS) is 12.5. The minimum absolute atomic E-state index is 0.209. The van der Waals surface area contributed by atoms with Crippen molar-refractivity contribution in [1.82, 2.24) is 0 Å². The third kappa shape index (κ3) is 4.17. The molecule has 2 rings (SSSR count). The second kappa shape index (κ2) is 7.22. The Bertz CT molecular complexity index is 840. The van der Waals surface area contributed by atoms with Gasteiger partial charge in [-0.15, -0.1) is 0 Å². The highest BCUT2D eigenvalue weighted by molar-refractivity contribution is 6.32. The van der Waals surface area contributed by atoms with E-state index in [0.717, 1.165) is 34.6 Å². The molecule has 0 amide bonds. The number of alkyl halides is 2. The van der Waals surface area contributed by atoms with Crippen LogP contribution < -0.4 is 5.46 Å². The molecule has 0 saturated heterocycles. The van der Waals surface area contributed by atoms with Crippen LogP contribution in [-0.2, 0) is 0 Å². The number of rotatable bonds is 5. The van der Waals surface area contributed by atoms with Crippen molar-refractivity contribution in [3.63, 3.8) is 0 Å². The lowest BCUT2D eigenvalue weighted by atomic mass is 9.81. The summed E-state index contributed by atoms with van der Waals surface area (Å²) in [6, 6.07) is 15.6. The summed E-state index contributed by atoms with van der Waals surface area (Å²) < 4.78 is 28.2. The third-order valence-electron chi connectivity index (χ3n) is 4.23. The van der Waals surface area contributed by atoms with Crippen molar-refractivity contribution in [2.45, 2.75) is 26.7 Å². The zero-order valence-corrected chi connectivity index (χ0v) is 15.3. The molecule has 0 spiro atoms. The van der Waals surface area contributed by atoms with Crippen molar-refractivity contribution in [2.24, 2.45) is 0 Å². The molecule has 0 N–H and O–H groups in total. The maximum Gasteiger partial charge on any atom is 0.270 e. The molecule has 0 unspecified atom stereocenters. The maximum absolute atomic E-state index is 14.1. The van der Waals surface area contributed by atoms with Crippen LogP contribution in [0.4, 0.5) is 8.78 Å². The monoisotopic (exact) mass is 336 g/mol. The molecule has 0 heterocycles. The van der Waals surface area contributed by atoms with Crippen molar-refractivity contribution in [2.75, 3.05) is 0 Å². The lowest BCUT2D eigenvalue weighted by Crippen LogP contribution is -2.17. The van der Waals surface area contributed by atoms with Crippen LogP contribution in [0, 0.1) is 6.92 Å². The first-order valence-electron chi connectivity index (χ1n) is 8.23. The summed E-state index contributed by atoms with van der Waals surface area (Å²) in [7, 11) is 2.00. The Balaban J connectivity index is 2.93. The Hall–Kier alpha value is -2.42. The fourth-order valence-corrected chi connectivity index (χ4v) is 2.89. The molecule has 0 aromatic heterocycles. The molecule has 0 aliphatic carbocycles. The zero-order chi connectivity index (χ0) is 18.8. The van der Waals surface area contributed by atoms with Gasteiger partial charge in [0.15, 0.2) is 0 Å². The van der Waals surface area contributed by atoms with Gasteiger partial charge in [-0.25, -0.2) is 8.78 Å². The van der Waals surface area contributed by atoms with Crippen LogP contribution in [0.3, 0.4) is 0 Å². The molecule has 3 heteroatoms. The van der Waals surface area contributed by atoms with Crippen molar-refractivity contribution in [1.29, 1.82) is 0 Å². The van der Waals surface area contributed by atoms with Crippen molar-refractivity contribution in [3.05, 3.63) is 95.1 Å². The molecule has 0 nitrogen and oxygen atoms in total. The van der Waals surface area contributed by atoms with E-state index in [4.69, 9.17) is 0 Å². The van der Waals surface area contributed by atoms with Gasteiger partial charge >= 0.3 is 0 Å². The topological polar surface area (TPSA) is 0 Å². The van der Waals surface area contributed by atoms with E-state index >= 15 is 0 Å². The molecular weight excluding hydrogens is 313 g/mol. The first-order chi connectivity index (χ1) is 11.6. The predicted octanol–water partition coefficient (Wildman–Crippen LogP) is 4.84. The predicted molar refractivity (Wildman–Crippen MR) is 106 cm³/mol. The van der Waals surface area contributed by atoms with Gasteiger partial charge in [0.1, 0.15) is 7.85 Å². The standard InChI is InChI=1S/C22H23BF2/c1-14(2)20(16(4)22(5,24)25)21(17-9-7-6-8-10-17)19-13-18(23)12-11-15(19)3/h6-13H,1,4,23H2,2-3,5H3/b21-20+. The Labute approximate surface area is 150 Å². The molecule has 0 bridgehead atoms. The zero-order valence-electron chi connectivity index (χ0n) is 15.3. The highest BCUT2D eigenvalue weighted by Crippen LogP contribution is 2.39. The summed E-state index contributed by atoms with van der Waals surface area (Å²) >= 11 is 0. The Kier molecular flexibility index (Phi) is 5.47. The van der Waals surface area contributed by atoms with Crippen molar-refractivity contribution < 1.29 is 8.78 Å². The fourth-order valence-electron chi connectivity index (χ4n) is 2.89. The molecule has 128 valence electrons. The number of hydrogen-bond donors (Lipinski definition) is 0. The van der Waals surface area contributed by atoms with Crippen LogP contribution in [0.25, 0.3) is 5.57 Å². The molecule has 25 heavy (non-hydrogen) atoms. The fraction of sp³-hybridized carbons (Fsp3) is 0.182. The molecule has 2 aromatic carbocycles. The maximum atomic E-state index is 14.1. The SMILES string of the molecule is Bc1ccc(C)c(/C(=C(\C(=C)C)C(=C)C(C)(F)F)c2ccccc2)c1. The van der Waals surface area contributed by atoms with Gasteiger partial charge in [0, 0.05) is 12.5 Å². The van der Waals surface area contributed by atoms with Gasteiger partial charge in [-0.1, -0.05) is 67.2 Å². The van der Waals surface area contributed by atoms with Crippen molar-refractivity contribution >= 4 is 18.9 Å². The van der Waals surface area contributed by atoms with Gasteiger partial charge in [-0.2, -0.15) is 0 Å². The molecule has 0 aliphatic rings. The van der Waals surface area contributed by atoms with E-state index in [1.807, 2.05) is 63.3 Å².